The molecule has 3 heteroatoms. The summed E-state index contributed by atoms with van der Waals surface area (Å²) in [6.45, 7) is 2.99. The van der Waals surface area contributed by atoms with Crippen LogP contribution in [0.2, 0.25) is 0 Å². The molecule has 0 saturated heterocycles. The van der Waals surface area contributed by atoms with Gasteiger partial charge in [0.1, 0.15) is 5.82 Å². The molecule has 1 aliphatic rings. The summed E-state index contributed by atoms with van der Waals surface area (Å²) in [5.74, 6) is 1.89. The predicted molar refractivity (Wildman–Crippen MR) is 61.9 cm³/mol. The van der Waals surface area contributed by atoms with Gasteiger partial charge in [-0.15, -0.1) is 0 Å². The molecule has 1 fully saturated rings. The summed E-state index contributed by atoms with van der Waals surface area (Å²) < 4.78 is 2.28. The maximum Gasteiger partial charge on any atom is 0.105 e. The summed E-state index contributed by atoms with van der Waals surface area (Å²) >= 11 is 0. The smallest absolute Gasteiger partial charge is 0.105 e. The number of hydrogen-bond acceptors (Lipinski definition) is 2. The van der Waals surface area contributed by atoms with E-state index in [1.165, 1.54) is 37.1 Å². The fourth-order valence-corrected chi connectivity index (χ4v) is 2.70. The Hall–Kier alpha value is -0.830. The standard InChI is InChI=1S/C12H21N3/c1-9-14-11(8-13-2)12(15(9)3)10-6-4-5-7-10/h10,13H,4-8H2,1-3H3. The van der Waals surface area contributed by atoms with Gasteiger partial charge in [0, 0.05) is 25.2 Å². The summed E-state index contributed by atoms with van der Waals surface area (Å²) in [5, 5.41) is 3.21. The van der Waals surface area contributed by atoms with Gasteiger partial charge in [-0.3, -0.25) is 0 Å². The maximum atomic E-state index is 4.64. The second-order valence-corrected chi connectivity index (χ2v) is 4.56. The number of aryl methyl sites for hydroxylation is 1. The first-order valence-electron chi connectivity index (χ1n) is 5.90. The zero-order valence-corrected chi connectivity index (χ0v) is 10.0. The van der Waals surface area contributed by atoms with Crippen LogP contribution in [0.1, 0.15) is 48.8 Å². The third kappa shape index (κ3) is 1.93. The Morgan fingerprint density at radius 3 is 2.67 bits per heavy atom. The van der Waals surface area contributed by atoms with Gasteiger partial charge < -0.3 is 9.88 Å². The van der Waals surface area contributed by atoms with Crippen molar-refractivity contribution in [3.05, 3.63) is 17.2 Å². The molecule has 0 amide bonds. The van der Waals surface area contributed by atoms with Crippen molar-refractivity contribution in [2.45, 2.75) is 45.1 Å². The van der Waals surface area contributed by atoms with E-state index in [-0.39, 0.29) is 0 Å². The van der Waals surface area contributed by atoms with E-state index < -0.39 is 0 Å². The largest absolute Gasteiger partial charge is 0.335 e. The summed E-state index contributed by atoms with van der Waals surface area (Å²) in [6.07, 6.45) is 5.45. The summed E-state index contributed by atoms with van der Waals surface area (Å²) in [6, 6.07) is 0. The first kappa shape index (κ1) is 10.7. The van der Waals surface area contributed by atoms with Gasteiger partial charge in [-0.2, -0.15) is 0 Å². The van der Waals surface area contributed by atoms with Crippen LogP contribution in [-0.4, -0.2) is 16.6 Å². The molecule has 0 spiro atoms. The quantitative estimate of drug-likeness (QED) is 0.822. The number of rotatable bonds is 3. The highest BCUT2D eigenvalue weighted by Crippen LogP contribution is 2.35. The van der Waals surface area contributed by atoms with Gasteiger partial charge in [0.2, 0.25) is 0 Å². The van der Waals surface area contributed by atoms with E-state index >= 15 is 0 Å². The van der Waals surface area contributed by atoms with Gasteiger partial charge in [-0.25, -0.2) is 4.98 Å². The van der Waals surface area contributed by atoms with Gasteiger partial charge in [0.15, 0.2) is 0 Å². The lowest BCUT2D eigenvalue weighted by atomic mass is 10.0. The summed E-state index contributed by atoms with van der Waals surface area (Å²) in [5.41, 5.74) is 2.73. The van der Waals surface area contributed by atoms with Crippen molar-refractivity contribution in [1.29, 1.82) is 0 Å². The van der Waals surface area contributed by atoms with Gasteiger partial charge in [-0.1, -0.05) is 12.8 Å². The lowest BCUT2D eigenvalue weighted by Crippen LogP contribution is -2.11. The fourth-order valence-electron chi connectivity index (χ4n) is 2.70. The average Bonchev–Trinajstić information content (AvgIpc) is 2.78. The van der Waals surface area contributed by atoms with Crippen LogP contribution in [0.4, 0.5) is 0 Å². The molecule has 15 heavy (non-hydrogen) atoms. The van der Waals surface area contributed by atoms with Crippen molar-refractivity contribution in [1.82, 2.24) is 14.9 Å². The van der Waals surface area contributed by atoms with Crippen LogP contribution in [0.5, 0.6) is 0 Å². The van der Waals surface area contributed by atoms with Crippen LogP contribution in [0.25, 0.3) is 0 Å². The third-order valence-corrected chi connectivity index (χ3v) is 3.53. The van der Waals surface area contributed by atoms with Crippen molar-refractivity contribution in [2.24, 2.45) is 7.05 Å². The van der Waals surface area contributed by atoms with E-state index in [1.807, 2.05) is 7.05 Å². The number of hydrogen-bond donors (Lipinski definition) is 1. The highest BCUT2D eigenvalue weighted by molar-refractivity contribution is 5.22. The summed E-state index contributed by atoms with van der Waals surface area (Å²) in [7, 11) is 4.14. The van der Waals surface area contributed by atoms with E-state index in [0.29, 0.717) is 0 Å². The topological polar surface area (TPSA) is 29.9 Å². The molecule has 0 radical (unpaired) electrons. The third-order valence-electron chi connectivity index (χ3n) is 3.53. The van der Waals surface area contributed by atoms with Gasteiger partial charge in [0.25, 0.3) is 0 Å². The number of nitrogens with one attached hydrogen (secondary N) is 1. The van der Waals surface area contributed by atoms with Crippen molar-refractivity contribution < 1.29 is 0 Å². The lowest BCUT2D eigenvalue weighted by Gasteiger charge is -2.13. The van der Waals surface area contributed by atoms with Crippen molar-refractivity contribution in [3.8, 4) is 0 Å². The van der Waals surface area contributed by atoms with Gasteiger partial charge in [-0.05, 0) is 26.8 Å². The van der Waals surface area contributed by atoms with Gasteiger partial charge >= 0.3 is 0 Å². The molecule has 0 aliphatic heterocycles. The van der Waals surface area contributed by atoms with Crippen LogP contribution in [0.3, 0.4) is 0 Å². The molecular weight excluding hydrogens is 186 g/mol. The number of imidazole rings is 1. The Morgan fingerprint density at radius 2 is 2.07 bits per heavy atom. The molecular formula is C12H21N3. The lowest BCUT2D eigenvalue weighted by molar-refractivity contribution is 0.634. The van der Waals surface area contributed by atoms with E-state index in [2.05, 4.69) is 28.8 Å². The molecule has 1 aliphatic carbocycles. The molecule has 1 aromatic rings. The fraction of sp³-hybridized carbons (Fsp3) is 0.750. The molecule has 3 nitrogen and oxygen atoms in total. The van der Waals surface area contributed by atoms with Crippen LogP contribution < -0.4 is 5.32 Å². The normalized spacial score (nSPS) is 17.5. The average molecular weight is 207 g/mol. The first-order chi connectivity index (χ1) is 7.24. The van der Waals surface area contributed by atoms with E-state index in [0.717, 1.165) is 18.3 Å². The molecule has 84 valence electrons. The molecule has 0 atom stereocenters. The van der Waals surface area contributed by atoms with Crippen LogP contribution >= 0.6 is 0 Å². The van der Waals surface area contributed by atoms with Gasteiger partial charge in [0.05, 0.1) is 5.69 Å². The van der Waals surface area contributed by atoms with E-state index in [1.54, 1.807) is 0 Å². The zero-order valence-electron chi connectivity index (χ0n) is 10.0. The molecule has 1 heterocycles. The first-order valence-corrected chi connectivity index (χ1v) is 5.90. The number of nitrogens with zero attached hydrogens (tertiary/aromatic N) is 2. The zero-order chi connectivity index (χ0) is 10.8. The minimum Gasteiger partial charge on any atom is -0.335 e. The Bertz CT molecular complexity index is 335. The Morgan fingerprint density at radius 1 is 1.40 bits per heavy atom. The maximum absolute atomic E-state index is 4.64. The van der Waals surface area contributed by atoms with E-state index in [4.69, 9.17) is 0 Å². The minimum atomic E-state index is 0.750. The Kier molecular flexibility index (Phi) is 3.10. The van der Waals surface area contributed by atoms with Crippen molar-refractivity contribution in [2.75, 3.05) is 7.05 Å². The molecule has 1 aromatic heterocycles. The molecule has 2 rings (SSSR count). The minimum absolute atomic E-state index is 0.750. The summed E-state index contributed by atoms with van der Waals surface area (Å²) in [4.78, 5) is 4.64. The molecule has 0 aromatic carbocycles. The van der Waals surface area contributed by atoms with E-state index in [9.17, 15) is 0 Å². The second kappa shape index (κ2) is 4.35. The Labute approximate surface area is 91.9 Å². The molecule has 0 unspecified atom stereocenters. The monoisotopic (exact) mass is 207 g/mol. The molecule has 0 bridgehead atoms. The van der Waals surface area contributed by atoms with Crippen LogP contribution in [0, 0.1) is 6.92 Å². The SMILES string of the molecule is CNCc1nc(C)n(C)c1C1CCCC1. The molecule has 1 saturated carbocycles. The highest BCUT2D eigenvalue weighted by Gasteiger charge is 2.24. The highest BCUT2D eigenvalue weighted by atomic mass is 15.1. The van der Waals surface area contributed by atoms with Crippen molar-refractivity contribution in [3.63, 3.8) is 0 Å². The van der Waals surface area contributed by atoms with Crippen LogP contribution in [-0.2, 0) is 13.6 Å². The Balaban J connectivity index is 2.33. The molecule has 1 N–H and O–H groups in total. The second-order valence-electron chi connectivity index (χ2n) is 4.56. The van der Waals surface area contributed by atoms with Crippen molar-refractivity contribution >= 4 is 0 Å². The predicted octanol–water partition coefficient (Wildman–Crippen LogP) is 2.11. The van der Waals surface area contributed by atoms with Crippen LogP contribution in [0.15, 0.2) is 0 Å². The number of aromatic nitrogens is 2.